The van der Waals surface area contributed by atoms with Gasteiger partial charge in [-0.2, -0.15) is 0 Å². The summed E-state index contributed by atoms with van der Waals surface area (Å²) in [5, 5.41) is 6.04. The second kappa shape index (κ2) is 5.52. The quantitative estimate of drug-likeness (QED) is 0.825. The molecule has 0 saturated carbocycles. The highest BCUT2D eigenvalue weighted by molar-refractivity contribution is 5.75. The van der Waals surface area contributed by atoms with Crippen molar-refractivity contribution in [3.05, 3.63) is 18.2 Å². The summed E-state index contributed by atoms with van der Waals surface area (Å²) in [7, 11) is 1.67. The van der Waals surface area contributed by atoms with Crippen LogP contribution in [0.1, 0.15) is 31.9 Å². The first-order valence-corrected chi connectivity index (χ1v) is 6.57. The van der Waals surface area contributed by atoms with Gasteiger partial charge in [-0.05, 0) is 25.9 Å². The van der Waals surface area contributed by atoms with Crippen molar-refractivity contribution in [2.24, 2.45) is 0 Å². The molecule has 0 radical (unpaired) electrons. The van der Waals surface area contributed by atoms with E-state index in [1.807, 2.05) is 12.5 Å². The summed E-state index contributed by atoms with van der Waals surface area (Å²) in [6.07, 6.45) is 6.55. The summed E-state index contributed by atoms with van der Waals surface area (Å²) in [4.78, 5) is 15.6. The largest absolute Gasteiger partial charge is 0.359 e. The van der Waals surface area contributed by atoms with Crippen molar-refractivity contribution >= 4 is 5.91 Å². The topological polar surface area (TPSA) is 59.0 Å². The lowest BCUT2D eigenvalue weighted by atomic mass is 9.78. The summed E-state index contributed by atoms with van der Waals surface area (Å²) in [6, 6.07) is 0. The molecular weight excluding hydrogens is 228 g/mol. The monoisotopic (exact) mass is 250 g/mol. The Bertz CT molecular complexity index is 407. The lowest BCUT2D eigenvalue weighted by Crippen LogP contribution is -2.39. The average molecular weight is 250 g/mol. The van der Waals surface area contributed by atoms with Crippen molar-refractivity contribution < 1.29 is 4.79 Å². The van der Waals surface area contributed by atoms with Gasteiger partial charge in [0.1, 0.15) is 0 Å². The average Bonchev–Trinajstić information content (AvgIpc) is 2.86. The molecule has 1 fully saturated rings. The summed E-state index contributed by atoms with van der Waals surface area (Å²) < 4.78 is 2.13. The fraction of sp³-hybridized carbons (Fsp3) is 0.692. The van der Waals surface area contributed by atoms with Crippen LogP contribution in [0.2, 0.25) is 0 Å². The van der Waals surface area contributed by atoms with Crippen molar-refractivity contribution in [3.8, 4) is 0 Å². The molecule has 0 unspecified atom stereocenters. The molecule has 0 spiro atoms. The minimum atomic E-state index is 0.0742. The fourth-order valence-corrected chi connectivity index (χ4v) is 2.58. The van der Waals surface area contributed by atoms with Crippen molar-refractivity contribution in [2.75, 3.05) is 20.1 Å². The molecule has 18 heavy (non-hydrogen) atoms. The molecule has 1 aliphatic heterocycles. The number of carbonyl (C=O) groups is 1. The Morgan fingerprint density at radius 3 is 2.94 bits per heavy atom. The number of aromatic nitrogens is 2. The van der Waals surface area contributed by atoms with E-state index in [0.717, 1.165) is 25.9 Å². The molecule has 2 rings (SSSR count). The van der Waals surface area contributed by atoms with Gasteiger partial charge in [-0.3, -0.25) is 4.79 Å². The van der Waals surface area contributed by atoms with E-state index in [4.69, 9.17) is 0 Å². The maximum absolute atomic E-state index is 11.3. The number of nitrogens with one attached hydrogen (secondary N) is 2. The molecule has 1 aromatic heterocycles. The van der Waals surface area contributed by atoms with E-state index in [1.165, 1.54) is 5.69 Å². The van der Waals surface area contributed by atoms with Crippen LogP contribution in [0, 0.1) is 0 Å². The van der Waals surface area contributed by atoms with Crippen LogP contribution < -0.4 is 10.6 Å². The first-order valence-electron chi connectivity index (χ1n) is 6.57. The third-order valence-corrected chi connectivity index (χ3v) is 3.90. The Morgan fingerprint density at radius 2 is 2.28 bits per heavy atom. The Balaban J connectivity index is 2.09. The molecule has 0 bridgehead atoms. The molecule has 1 aliphatic rings. The van der Waals surface area contributed by atoms with E-state index < -0.39 is 0 Å². The molecular formula is C13H22N4O. The van der Waals surface area contributed by atoms with Crippen LogP contribution in [-0.2, 0) is 16.8 Å². The van der Waals surface area contributed by atoms with Gasteiger partial charge in [-0.25, -0.2) is 4.98 Å². The second-order valence-electron chi connectivity index (χ2n) is 5.21. The van der Waals surface area contributed by atoms with Crippen molar-refractivity contribution in [1.82, 2.24) is 20.2 Å². The van der Waals surface area contributed by atoms with Gasteiger partial charge in [-0.1, -0.05) is 6.92 Å². The van der Waals surface area contributed by atoms with Crippen LogP contribution in [0.3, 0.4) is 0 Å². The first-order chi connectivity index (χ1) is 8.65. The van der Waals surface area contributed by atoms with E-state index in [9.17, 15) is 4.79 Å². The molecule has 5 heteroatoms. The van der Waals surface area contributed by atoms with E-state index >= 15 is 0 Å². The Hall–Kier alpha value is -1.36. The van der Waals surface area contributed by atoms with Crippen LogP contribution in [0.5, 0.6) is 0 Å². The second-order valence-corrected chi connectivity index (χ2v) is 5.21. The van der Waals surface area contributed by atoms with Gasteiger partial charge >= 0.3 is 0 Å². The predicted molar refractivity (Wildman–Crippen MR) is 70.4 cm³/mol. The van der Waals surface area contributed by atoms with Gasteiger partial charge < -0.3 is 15.2 Å². The molecule has 5 nitrogen and oxygen atoms in total. The number of amides is 1. The lowest BCUT2D eigenvalue weighted by Gasteiger charge is -2.34. The van der Waals surface area contributed by atoms with Crippen LogP contribution in [0.4, 0.5) is 0 Å². The maximum Gasteiger partial charge on any atom is 0.221 e. The highest BCUT2D eigenvalue weighted by atomic mass is 16.1. The number of piperidine rings is 1. The third kappa shape index (κ3) is 2.72. The Labute approximate surface area is 108 Å². The summed E-state index contributed by atoms with van der Waals surface area (Å²) >= 11 is 0. The zero-order valence-corrected chi connectivity index (χ0v) is 11.2. The molecule has 0 aliphatic carbocycles. The molecule has 1 saturated heterocycles. The number of rotatable bonds is 4. The standard InChI is InChI=1S/C13H22N4O/c1-13(4-6-15-7-5-13)11-9-16-10-17(11)8-3-12(18)14-2/h9-10,15H,3-8H2,1-2H3,(H,14,18). The molecule has 2 heterocycles. The van der Waals surface area contributed by atoms with Crippen molar-refractivity contribution in [1.29, 1.82) is 0 Å². The summed E-state index contributed by atoms with van der Waals surface area (Å²) in [5.41, 5.74) is 1.44. The third-order valence-electron chi connectivity index (χ3n) is 3.90. The molecule has 1 amide bonds. The fourth-order valence-electron chi connectivity index (χ4n) is 2.58. The zero-order valence-electron chi connectivity index (χ0n) is 11.2. The minimum absolute atomic E-state index is 0.0742. The van der Waals surface area contributed by atoms with Crippen LogP contribution in [-0.4, -0.2) is 35.6 Å². The molecule has 2 N–H and O–H groups in total. The van der Waals surface area contributed by atoms with Crippen LogP contribution in [0.15, 0.2) is 12.5 Å². The van der Waals surface area contributed by atoms with E-state index in [1.54, 1.807) is 7.05 Å². The van der Waals surface area contributed by atoms with Crippen LogP contribution in [0.25, 0.3) is 0 Å². The van der Waals surface area contributed by atoms with Gasteiger partial charge in [-0.15, -0.1) is 0 Å². The number of aryl methyl sites for hydroxylation is 1. The smallest absolute Gasteiger partial charge is 0.221 e. The van der Waals surface area contributed by atoms with E-state index in [2.05, 4.69) is 27.1 Å². The zero-order chi connectivity index (χ0) is 13.0. The lowest BCUT2D eigenvalue weighted by molar-refractivity contribution is -0.120. The SMILES string of the molecule is CNC(=O)CCn1cncc1C1(C)CCNCC1. The molecule has 0 atom stereocenters. The molecule has 100 valence electrons. The van der Waals surface area contributed by atoms with Crippen molar-refractivity contribution in [2.45, 2.75) is 38.1 Å². The Kier molecular flexibility index (Phi) is 4.01. The number of nitrogens with zero attached hydrogens (tertiary/aromatic N) is 2. The summed E-state index contributed by atoms with van der Waals surface area (Å²) in [6.45, 7) is 5.10. The van der Waals surface area contributed by atoms with E-state index in [-0.39, 0.29) is 11.3 Å². The predicted octanol–water partition coefficient (Wildman–Crippen LogP) is 0.660. The van der Waals surface area contributed by atoms with Gasteiger partial charge in [0, 0.05) is 37.3 Å². The highest BCUT2D eigenvalue weighted by Crippen LogP contribution is 2.32. The summed E-state index contributed by atoms with van der Waals surface area (Å²) in [5.74, 6) is 0.0742. The highest BCUT2D eigenvalue weighted by Gasteiger charge is 2.31. The molecule has 1 aromatic rings. The van der Waals surface area contributed by atoms with Gasteiger partial charge in [0.25, 0.3) is 0 Å². The van der Waals surface area contributed by atoms with Gasteiger partial charge in [0.15, 0.2) is 0 Å². The molecule has 0 aromatic carbocycles. The number of hydrogen-bond donors (Lipinski definition) is 2. The van der Waals surface area contributed by atoms with Gasteiger partial charge in [0.2, 0.25) is 5.91 Å². The Morgan fingerprint density at radius 1 is 1.56 bits per heavy atom. The first kappa shape index (κ1) is 13.1. The van der Waals surface area contributed by atoms with Crippen LogP contribution >= 0.6 is 0 Å². The minimum Gasteiger partial charge on any atom is -0.359 e. The van der Waals surface area contributed by atoms with E-state index in [0.29, 0.717) is 13.0 Å². The van der Waals surface area contributed by atoms with Gasteiger partial charge in [0.05, 0.1) is 6.33 Å². The van der Waals surface area contributed by atoms with Crippen molar-refractivity contribution in [3.63, 3.8) is 0 Å². The number of carbonyl (C=O) groups excluding carboxylic acids is 1. The number of hydrogen-bond acceptors (Lipinski definition) is 3. The number of imidazole rings is 1. The normalized spacial score (nSPS) is 18.6. The maximum atomic E-state index is 11.3.